The lowest BCUT2D eigenvalue weighted by Gasteiger charge is -2.09. The lowest BCUT2D eigenvalue weighted by atomic mass is 10.00. The molecule has 2 aromatic heterocycles. The third kappa shape index (κ3) is 2.82. The number of rotatable bonds is 3. The van der Waals surface area contributed by atoms with E-state index in [0.29, 0.717) is 32.7 Å². The number of methoxy groups -OCH3 is 1. The van der Waals surface area contributed by atoms with Crippen molar-refractivity contribution < 1.29 is 19.3 Å². The number of benzene rings is 2. The Morgan fingerprint density at radius 1 is 1.07 bits per heavy atom. The van der Waals surface area contributed by atoms with E-state index in [1.807, 2.05) is 0 Å². The summed E-state index contributed by atoms with van der Waals surface area (Å²) in [4.78, 5) is 15.8. The first-order valence-corrected chi connectivity index (χ1v) is 8.87. The summed E-state index contributed by atoms with van der Waals surface area (Å²) in [6.07, 6.45) is 0. The van der Waals surface area contributed by atoms with Gasteiger partial charge in [-0.2, -0.15) is 0 Å². The predicted octanol–water partition coefficient (Wildman–Crippen LogP) is 4.48. The summed E-state index contributed by atoms with van der Waals surface area (Å²) in [6, 6.07) is 10.4. The lowest BCUT2D eigenvalue weighted by molar-refractivity contribution is 0.415. The average Bonchev–Trinajstić information content (AvgIpc) is 3.06. The van der Waals surface area contributed by atoms with Crippen molar-refractivity contribution >= 4 is 21.6 Å². The minimum atomic E-state index is -0.563. The van der Waals surface area contributed by atoms with Gasteiger partial charge in [0.05, 0.1) is 18.1 Å². The monoisotopic (exact) mass is 383 g/mol. The van der Waals surface area contributed by atoms with E-state index in [2.05, 4.69) is 4.98 Å². The molecule has 0 saturated heterocycles. The largest absolute Gasteiger partial charge is 0.507 e. The molecule has 0 bridgehead atoms. The number of aromatic hydroxyl groups is 2. The van der Waals surface area contributed by atoms with Gasteiger partial charge in [0.25, 0.3) is 5.56 Å². The fourth-order valence-corrected chi connectivity index (χ4v) is 4.00. The fourth-order valence-electron chi connectivity index (χ4n) is 3.04. The van der Waals surface area contributed by atoms with Gasteiger partial charge in [-0.25, -0.2) is 4.39 Å². The molecule has 0 radical (unpaired) electrons. The number of pyridine rings is 1. The number of H-pyrrole nitrogens is 1. The van der Waals surface area contributed by atoms with Gasteiger partial charge in [-0.1, -0.05) is 12.1 Å². The minimum Gasteiger partial charge on any atom is -0.507 e. The van der Waals surface area contributed by atoms with Gasteiger partial charge < -0.3 is 19.9 Å². The Morgan fingerprint density at radius 3 is 2.48 bits per heavy atom. The number of phenols is 1. The summed E-state index contributed by atoms with van der Waals surface area (Å²) in [5.74, 6) is -0.374. The molecule has 0 atom stereocenters. The van der Waals surface area contributed by atoms with Gasteiger partial charge in [-0.3, -0.25) is 4.79 Å². The van der Waals surface area contributed by atoms with Crippen LogP contribution in [0.5, 0.6) is 17.2 Å². The minimum absolute atomic E-state index is 0.117. The summed E-state index contributed by atoms with van der Waals surface area (Å²) in [6.45, 7) is 0. The maximum Gasteiger partial charge on any atom is 0.260 e. The van der Waals surface area contributed by atoms with E-state index in [1.54, 1.807) is 29.6 Å². The molecule has 0 aliphatic heterocycles. The Balaban J connectivity index is 1.98. The number of aromatic amines is 1. The zero-order valence-electron chi connectivity index (χ0n) is 14.1. The van der Waals surface area contributed by atoms with E-state index in [9.17, 15) is 19.4 Å². The van der Waals surface area contributed by atoms with E-state index in [0.717, 1.165) is 6.07 Å². The fraction of sp³-hybridized carbons (Fsp3) is 0.0500. The van der Waals surface area contributed by atoms with E-state index >= 15 is 0 Å². The van der Waals surface area contributed by atoms with Crippen LogP contribution in [0, 0.1) is 5.82 Å². The van der Waals surface area contributed by atoms with Crippen LogP contribution in [0.15, 0.2) is 52.6 Å². The molecule has 3 N–H and O–H groups in total. The summed E-state index contributed by atoms with van der Waals surface area (Å²) < 4.78 is 18.4. The number of halogens is 1. The summed E-state index contributed by atoms with van der Waals surface area (Å²) in [5, 5.41) is 23.1. The number of nitrogens with one attached hydrogen (secondary N) is 1. The second-order valence-electron chi connectivity index (χ2n) is 5.92. The van der Waals surface area contributed by atoms with Crippen LogP contribution in [0.4, 0.5) is 4.39 Å². The summed E-state index contributed by atoms with van der Waals surface area (Å²) >= 11 is 1.22. The highest BCUT2D eigenvalue weighted by atomic mass is 32.1. The van der Waals surface area contributed by atoms with Gasteiger partial charge in [-0.15, -0.1) is 11.3 Å². The van der Waals surface area contributed by atoms with Crippen molar-refractivity contribution in [1.29, 1.82) is 0 Å². The lowest BCUT2D eigenvalue weighted by Crippen LogP contribution is -2.08. The molecular formula is C20H14FNO4S. The van der Waals surface area contributed by atoms with Gasteiger partial charge in [0.2, 0.25) is 0 Å². The maximum atomic E-state index is 13.3. The highest BCUT2D eigenvalue weighted by Gasteiger charge is 2.20. The first kappa shape index (κ1) is 17.1. The molecule has 5 nitrogen and oxygen atoms in total. The van der Waals surface area contributed by atoms with Crippen molar-refractivity contribution in [1.82, 2.24) is 4.98 Å². The molecule has 0 aliphatic rings. The molecule has 27 heavy (non-hydrogen) atoms. The Kier molecular flexibility index (Phi) is 4.08. The van der Waals surface area contributed by atoms with Crippen molar-refractivity contribution in [2.75, 3.05) is 7.11 Å². The highest BCUT2D eigenvalue weighted by molar-refractivity contribution is 7.17. The molecule has 4 aromatic rings. The number of ether oxygens (including phenoxy) is 1. The van der Waals surface area contributed by atoms with Gasteiger partial charge in [-0.05, 0) is 29.8 Å². The number of phenolic OH excluding ortho intramolecular Hbond substituents is 1. The van der Waals surface area contributed by atoms with Gasteiger partial charge in [0, 0.05) is 22.6 Å². The highest BCUT2D eigenvalue weighted by Crippen LogP contribution is 2.43. The number of hydrogen-bond acceptors (Lipinski definition) is 5. The molecule has 2 heterocycles. The average molecular weight is 383 g/mol. The van der Waals surface area contributed by atoms with Crippen LogP contribution in [0.3, 0.4) is 0 Å². The third-order valence-corrected chi connectivity index (χ3v) is 5.24. The molecule has 0 amide bonds. The molecule has 2 aromatic carbocycles. The van der Waals surface area contributed by atoms with Crippen molar-refractivity contribution in [2.45, 2.75) is 0 Å². The zero-order chi connectivity index (χ0) is 19.1. The molecule has 0 unspecified atom stereocenters. The standard InChI is InChI=1S/C20H14FNO4S/c1-26-12-5-2-10(3-6-12)16-18(24)17-14(9-27-20(17)22-19(16)25)13-7-4-11(21)8-15(13)23/h2-9,23H,1H3,(H2,22,24,25). The number of thiophene rings is 1. The quantitative estimate of drug-likeness (QED) is 0.487. The van der Waals surface area contributed by atoms with Crippen molar-refractivity contribution in [3.63, 3.8) is 0 Å². The number of hydrogen-bond donors (Lipinski definition) is 3. The first-order valence-electron chi connectivity index (χ1n) is 7.99. The first-order chi connectivity index (χ1) is 13.0. The van der Waals surface area contributed by atoms with E-state index in [4.69, 9.17) is 4.74 Å². The van der Waals surface area contributed by atoms with Gasteiger partial charge in [0.15, 0.2) is 0 Å². The van der Waals surface area contributed by atoms with E-state index < -0.39 is 11.4 Å². The van der Waals surface area contributed by atoms with Crippen LogP contribution in [0.2, 0.25) is 0 Å². The second kappa shape index (κ2) is 6.44. The Hall–Kier alpha value is -3.32. The summed E-state index contributed by atoms with van der Waals surface area (Å²) in [7, 11) is 1.54. The zero-order valence-corrected chi connectivity index (χ0v) is 14.9. The molecule has 0 spiro atoms. The number of aromatic nitrogens is 1. The summed E-state index contributed by atoms with van der Waals surface area (Å²) in [5.41, 5.74) is 1.09. The topological polar surface area (TPSA) is 82.5 Å². The van der Waals surface area contributed by atoms with Crippen LogP contribution in [0.25, 0.3) is 32.5 Å². The van der Waals surface area contributed by atoms with Crippen LogP contribution >= 0.6 is 11.3 Å². The Labute approximate surface area is 156 Å². The van der Waals surface area contributed by atoms with Crippen LogP contribution in [0.1, 0.15) is 0 Å². The normalized spacial score (nSPS) is 11.0. The Morgan fingerprint density at radius 2 is 1.81 bits per heavy atom. The van der Waals surface area contributed by atoms with E-state index in [1.165, 1.54) is 30.6 Å². The molecular weight excluding hydrogens is 369 g/mol. The smallest absolute Gasteiger partial charge is 0.260 e. The molecule has 7 heteroatoms. The number of fused-ring (bicyclic) bond motifs is 1. The SMILES string of the molecule is COc1ccc(-c2c(O)c3c(-c4ccc(F)cc4O)csc3[nH]c2=O)cc1. The Bertz CT molecular complexity index is 1210. The van der Waals surface area contributed by atoms with Crippen molar-refractivity contribution in [3.8, 4) is 39.5 Å². The van der Waals surface area contributed by atoms with E-state index in [-0.39, 0.29) is 17.1 Å². The van der Waals surface area contributed by atoms with Gasteiger partial charge >= 0.3 is 0 Å². The third-order valence-electron chi connectivity index (χ3n) is 4.35. The van der Waals surface area contributed by atoms with Crippen molar-refractivity contribution in [3.05, 3.63) is 64.0 Å². The molecule has 0 fully saturated rings. The second-order valence-corrected chi connectivity index (χ2v) is 6.80. The predicted molar refractivity (Wildman–Crippen MR) is 103 cm³/mol. The van der Waals surface area contributed by atoms with Crippen LogP contribution < -0.4 is 10.3 Å². The maximum absolute atomic E-state index is 13.3. The van der Waals surface area contributed by atoms with Crippen molar-refractivity contribution in [2.24, 2.45) is 0 Å². The molecule has 0 saturated carbocycles. The van der Waals surface area contributed by atoms with Gasteiger partial charge in [0.1, 0.15) is 27.9 Å². The molecule has 0 aliphatic carbocycles. The molecule has 4 rings (SSSR count). The van der Waals surface area contributed by atoms with Crippen LogP contribution in [-0.2, 0) is 0 Å². The molecule has 136 valence electrons. The van der Waals surface area contributed by atoms with Crippen LogP contribution in [-0.4, -0.2) is 22.3 Å².